The van der Waals surface area contributed by atoms with Crippen molar-refractivity contribution in [3.63, 3.8) is 0 Å². The average Bonchev–Trinajstić information content (AvgIpc) is 2.89. The molecule has 0 spiro atoms. The molecule has 0 atom stereocenters. The SMILES string of the molecule is C/C=C\C(=C/N=CC1CC1)CCC. The standard InChI is InChI=1S/C12H19N/c1-3-5-11(6-4-2)9-13-10-12-7-8-12/h3,5,9-10,12H,4,6-8H2,1-2H3/b5-3-,11-9+,13-10?. The Kier molecular flexibility index (Phi) is 4.52. The molecule has 0 unspecified atom stereocenters. The van der Waals surface area contributed by atoms with Crippen molar-refractivity contribution in [1.29, 1.82) is 0 Å². The summed E-state index contributed by atoms with van der Waals surface area (Å²) in [5.41, 5.74) is 1.34. The Morgan fingerprint density at radius 2 is 2.23 bits per heavy atom. The summed E-state index contributed by atoms with van der Waals surface area (Å²) >= 11 is 0. The third kappa shape index (κ3) is 4.66. The van der Waals surface area contributed by atoms with E-state index in [4.69, 9.17) is 0 Å². The Hall–Kier alpha value is -0.850. The van der Waals surface area contributed by atoms with Crippen LogP contribution < -0.4 is 0 Å². The van der Waals surface area contributed by atoms with Crippen molar-refractivity contribution >= 4 is 6.21 Å². The maximum atomic E-state index is 4.33. The normalized spacial score (nSPS) is 19.1. The van der Waals surface area contributed by atoms with E-state index in [2.05, 4.69) is 30.3 Å². The number of aliphatic imine (C=N–C) groups is 1. The van der Waals surface area contributed by atoms with Crippen molar-refractivity contribution in [1.82, 2.24) is 0 Å². The summed E-state index contributed by atoms with van der Waals surface area (Å²) in [5, 5.41) is 0. The van der Waals surface area contributed by atoms with Gasteiger partial charge in [0.1, 0.15) is 0 Å². The number of hydrogen-bond acceptors (Lipinski definition) is 1. The minimum Gasteiger partial charge on any atom is -0.269 e. The second kappa shape index (κ2) is 5.74. The zero-order chi connectivity index (χ0) is 9.52. The highest BCUT2D eigenvalue weighted by Crippen LogP contribution is 2.26. The molecule has 0 bridgehead atoms. The Labute approximate surface area is 81.3 Å². The third-order valence-electron chi connectivity index (χ3n) is 2.08. The highest BCUT2D eigenvalue weighted by atomic mass is 14.7. The summed E-state index contributed by atoms with van der Waals surface area (Å²) < 4.78 is 0. The van der Waals surface area contributed by atoms with Crippen LogP contribution in [0.3, 0.4) is 0 Å². The van der Waals surface area contributed by atoms with Gasteiger partial charge in [-0.1, -0.05) is 25.5 Å². The van der Waals surface area contributed by atoms with E-state index in [0.29, 0.717) is 0 Å². The highest BCUT2D eigenvalue weighted by Gasteiger charge is 2.17. The molecule has 0 radical (unpaired) electrons. The lowest BCUT2D eigenvalue weighted by Gasteiger charge is -1.95. The molecule has 1 heteroatoms. The average molecular weight is 177 g/mol. The van der Waals surface area contributed by atoms with E-state index in [-0.39, 0.29) is 0 Å². The molecule has 13 heavy (non-hydrogen) atoms. The summed E-state index contributed by atoms with van der Waals surface area (Å²) in [6.07, 6.45) is 13.3. The number of hydrogen-bond donors (Lipinski definition) is 0. The van der Waals surface area contributed by atoms with Crippen molar-refractivity contribution in [3.05, 3.63) is 23.9 Å². The Bertz CT molecular complexity index is 219. The van der Waals surface area contributed by atoms with Crippen LogP contribution in [0.4, 0.5) is 0 Å². The van der Waals surface area contributed by atoms with E-state index in [1.807, 2.05) is 13.1 Å². The molecular formula is C12H19N. The van der Waals surface area contributed by atoms with E-state index in [0.717, 1.165) is 12.3 Å². The van der Waals surface area contributed by atoms with Crippen LogP contribution in [0.15, 0.2) is 28.9 Å². The first-order chi connectivity index (χ1) is 6.36. The van der Waals surface area contributed by atoms with Gasteiger partial charge in [-0.3, -0.25) is 4.99 Å². The lowest BCUT2D eigenvalue weighted by atomic mass is 10.1. The molecule has 1 rings (SSSR count). The first-order valence-electron chi connectivity index (χ1n) is 5.21. The molecule has 0 amide bonds. The van der Waals surface area contributed by atoms with Crippen molar-refractivity contribution in [2.24, 2.45) is 10.9 Å². The molecule has 1 nitrogen and oxygen atoms in total. The molecule has 1 aliphatic rings. The monoisotopic (exact) mass is 177 g/mol. The Morgan fingerprint density at radius 3 is 2.77 bits per heavy atom. The Balaban J connectivity index is 2.40. The van der Waals surface area contributed by atoms with Gasteiger partial charge in [-0.2, -0.15) is 0 Å². The molecule has 0 aromatic carbocycles. The second-order valence-electron chi connectivity index (χ2n) is 3.59. The van der Waals surface area contributed by atoms with Crippen molar-refractivity contribution < 1.29 is 0 Å². The van der Waals surface area contributed by atoms with Gasteiger partial charge in [0.05, 0.1) is 0 Å². The van der Waals surface area contributed by atoms with Gasteiger partial charge in [-0.25, -0.2) is 0 Å². The molecule has 0 saturated heterocycles. The fourth-order valence-electron chi connectivity index (χ4n) is 1.20. The van der Waals surface area contributed by atoms with E-state index >= 15 is 0 Å². The summed E-state index contributed by atoms with van der Waals surface area (Å²) in [6.45, 7) is 4.25. The number of rotatable bonds is 5. The molecule has 0 aliphatic heterocycles. The van der Waals surface area contributed by atoms with Gasteiger partial charge < -0.3 is 0 Å². The smallest absolute Gasteiger partial charge is 0.0295 e. The predicted molar refractivity (Wildman–Crippen MR) is 59.0 cm³/mol. The lowest BCUT2D eigenvalue weighted by molar-refractivity contribution is 0.922. The predicted octanol–water partition coefficient (Wildman–Crippen LogP) is 3.73. The van der Waals surface area contributed by atoms with Gasteiger partial charge in [0.25, 0.3) is 0 Å². The maximum Gasteiger partial charge on any atom is 0.0295 e. The Morgan fingerprint density at radius 1 is 1.46 bits per heavy atom. The molecule has 1 fully saturated rings. The van der Waals surface area contributed by atoms with Crippen molar-refractivity contribution in [2.45, 2.75) is 39.5 Å². The van der Waals surface area contributed by atoms with Crippen LogP contribution in [0.2, 0.25) is 0 Å². The van der Waals surface area contributed by atoms with Gasteiger partial charge in [0.15, 0.2) is 0 Å². The van der Waals surface area contributed by atoms with Gasteiger partial charge >= 0.3 is 0 Å². The van der Waals surface area contributed by atoms with Crippen LogP contribution in [-0.2, 0) is 0 Å². The molecule has 0 heterocycles. The zero-order valence-corrected chi connectivity index (χ0v) is 8.66. The molecule has 1 aliphatic carbocycles. The topological polar surface area (TPSA) is 12.4 Å². The van der Waals surface area contributed by atoms with Crippen molar-refractivity contribution in [3.8, 4) is 0 Å². The van der Waals surface area contributed by atoms with Crippen molar-refractivity contribution in [2.75, 3.05) is 0 Å². The van der Waals surface area contributed by atoms with Crippen LogP contribution >= 0.6 is 0 Å². The van der Waals surface area contributed by atoms with Gasteiger partial charge in [-0.05, 0) is 37.7 Å². The molecule has 72 valence electrons. The highest BCUT2D eigenvalue weighted by molar-refractivity contribution is 5.64. The summed E-state index contributed by atoms with van der Waals surface area (Å²) in [5.74, 6) is 0.782. The van der Waals surface area contributed by atoms with Crippen LogP contribution in [0.1, 0.15) is 39.5 Å². The summed E-state index contributed by atoms with van der Waals surface area (Å²) in [7, 11) is 0. The fourth-order valence-corrected chi connectivity index (χ4v) is 1.20. The summed E-state index contributed by atoms with van der Waals surface area (Å²) in [6, 6.07) is 0. The fraction of sp³-hybridized carbons (Fsp3) is 0.583. The molecule has 0 aromatic heterocycles. The summed E-state index contributed by atoms with van der Waals surface area (Å²) in [4.78, 5) is 4.33. The lowest BCUT2D eigenvalue weighted by Crippen LogP contribution is -1.78. The third-order valence-corrected chi connectivity index (χ3v) is 2.08. The van der Waals surface area contributed by atoms with Crippen LogP contribution in [0.25, 0.3) is 0 Å². The van der Waals surface area contributed by atoms with E-state index in [1.165, 1.54) is 24.8 Å². The minimum absolute atomic E-state index is 0.782. The largest absolute Gasteiger partial charge is 0.269 e. The minimum atomic E-state index is 0.782. The van der Waals surface area contributed by atoms with E-state index in [1.54, 1.807) is 0 Å². The molecule has 0 aromatic rings. The van der Waals surface area contributed by atoms with E-state index in [9.17, 15) is 0 Å². The zero-order valence-electron chi connectivity index (χ0n) is 8.66. The quantitative estimate of drug-likeness (QED) is 0.448. The molecule has 0 N–H and O–H groups in total. The van der Waals surface area contributed by atoms with Crippen LogP contribution in [0.5, 0.6) is 0 Å². The maximum absolute atomic E-state index is 4.33. The number of nitrogens with zero attached hydrogens (tertiary/aromatic N) is 1. The molecule has 1 saturated carbocycles. The second-order valence-corrected chi connectivity index (χ2v) is 3.59. The van der Waals surface area contributed by atoms with Gasteiger partial charge in [0, 0.05) is 12.4 Å². The van der Waals surface area contributed by atoms with Crippen LogP contribution in [0, 0.1) is 5.92 Å². The first kappa shape index (κ1) is 10.2. The van der Waals surface area contributed by atoms with E-state index < -0.39 is 0 Å². The molecular weight excluding hydrogens is 158 g/mol. The van der Waals surface area contributed by atoms with Crippen LogP contribution in [-0.4, -0.2) is 6.21 Å². The van der Waals surface area contributed by atoms with Gasteiger partial charge in [0.2, 0.25) is 0 Å². The van der Waals surface area contributed by atoms with Gasteiger partial charge in [-0.15, -0.1) is 0 Å². The first-order valence-corrected chi connectivity index (χ1v) is 5.21. The number of allylic oxidation sites excluding steroid dienone is 3.